The first-order valence-corrected chi connectivity index (χ1v) is 12.9. The lowest BCUT2D eigenvalue weighted by Crippen LogP contribution is -2.53. The van der Waals surface area contributed by atoms with E-state index in [4.69, 9.17) is 0 Å². The molecule has 9 nitrogen and oxygen atoms in total. The van der Waals surface area contributed by atoms with Crippen LogP contribution in [0.1, 0.15) is 51.0 Å². The highest BCUT2D eigenvalue weighted by Gasteiger charge is 2.53. The van der Waals surface area contributed by atoms with Gasteiger partial charge in [-0.15, -0.1) is 0 Å². The van der Waals surface area contributed by atoms with Gasteiger partial charge in [0.25, 0.3) is 5.91 Å². The Labute approximate surface area is 194 Å². The predicted octanol–water partition coefficient (Wildman–Crippen LogP) is 2.23. The van der Waals surface area contributed by atoms with Crippen LogP contribution in [0.5, 0.6) is 0 Å². The number of imide groups is 1. The van der Waals surface area contributed by atoms with E-state index in [0.717, 1.165) is 23.4 Å². The highest BCUT2D eigenvalue weighted by atomic mass is 32.2. The number of carbonyl (C=O) groups is 3. The Bertz CT molecular complexity index is 1040. The standard InChI is InChI=1S/C23H30N4O5S/c1-17-7-12-23(13-8-17)21(29)27(22(30)24-23)25-20(28)19-9-14-26(15-10-19)33(31,32)16-11-18-5-3-2-4-6-18/h2-6,11,16-17,19H,7-10,12-15H2,1H3,(H,24,30)(H,25,28)/b16-11+. The van der Waals surface area contributed by atoms with E-state index in [9.17, 15) is 22.8 Å². The normalized spacial score (nSPS) is 27.3. The Hall–Kier alpha value is -2.72. The molecule has 0 atom stereocenters. The van der Waals surface area contributed by atoms with E-state index in [2.05, 4.69) is 17.7 Å². The summed E-state index contributed by atoms with van der Waals surface area (Å²) in [4.78, 5) is 38.1. The van der Waals surface area contributed by atoms with Crippen molar-refractivity contribution < 1.29 is 22.8 Å². The van der Waals surface area contributed by atoms with E-state index in [1.165, 1.54) is 9.71 Å². The van der Waals surface area contributed by atoms with Crippen LogP contribution in [0.3, 0.4) is 0 Å². The monoisotopic (exact) mass is 474 g/mol. The Morgan fingerprint density at radius 2 is 1.73 bits per heavy atom. The second-order valence-corrected chi connectivity index (χ2v) is 11.1. The van der Waals surface area contributed by atoms with Gasteiger partial charge in [0.1, 0.15) is 5.54 Å². The second-order valence-electron chi connectivity index (χ2n) is 9.24. The number of rotatable bonds is 5. The van der Waals surface area contributed by atoms with Gasteiger partial charge in [0, 0.05) is 24.4 Å². The summed E-state index contributed by atoms with van der Waals surface area (Å²) in [5.74, 6) is -0.804. The lowest BCUT2D eigenvalue weighted by atomic mass is 9.77. The van der Waals surface area contributed by atoms with Gasteiger partial charge >= 0.3 is 6.03 Å². The maximum absolute atomic E-state index is 12.9. The molecule has 4 amide bonds. The highest BCUT2D eigenvalue weighted by molar-refractivity contribution is 7.92. The number of amides is 4. The van der Waals surface area contributed by atoms with E-state index < -0.39 is 39.3 Å². The molecule has 2 aliphatic heterocycles. The van der Waals surface area contributed by atoms with Gasteiger partial charge in [-0.05, 0) is 56.1 Å². The molecular formula is C23H30N4O5S. The fourth-order valence-electron chi connectivity index (χ4n) is 4.70. The number of sulfonamides is 1. The van der Waals surface area contributed by atoms with Crippen molar-refractivity contribution in [2.24, 2.45) is 11.8 Å². The van der Waals surface area contributed by atoms with Gasteiger partial charge in [-0.1, -0.05) is 37.3 Å². The van der Waals surface area contributed by atoms with Crippen molar-refractivity contribution in [3.8, 4) is 0 Å². The van der Waals surface area contributed by atoms with Crippen molar-refractivity contribution >= 4 is 33.9 Å². The molecular weight excluding hydrogens is 444 g/mol. The Balaban J connectivity index is 1.32. The molecule has 1 aliphatic carbocycles. The first kappa shape index (κ1) is 23.4. The summed E-state index contributed by atoms with van der Waals surface area (Å²) in [7, 11) is -3.60. The lowest BCUT2D eigenvalue weighted by Gasteiger charge is -2.33. The highest BCUT2D eigenvalue weighted by Crippen LogP contribution is 2.36. The van der Waals surface area contributed by atoms with Crippen LogP contribution in [0.15, 0.2) is 35.7 Å². The summed E-state index contributed by atoms with van der Waals surface area (Å²) >= 11 is 0. The maximum Gasteiger partial charge on any atom is 0.344 e. The molecule has 1 saturated carbocycles. The van der Waals surface area contributed by atoms with Crippen molar-refractivity contribution in [1.29, 1.82) is 0 Å². The number of urea groups is 1. The van der Waals surface area contributed by atoms with E-state index in [1.54, 1.807) is 6.08 Å². The summed E-state index contributed by atoms with van der Waals surface area (Å²) in [5.41, 5.74) is 2.35. The summed E-state index contributed by atoms with van der Waals surface area (Å²) in [6, 6.07) is 8.55. The second kappa shape index (κ2) is 9.26. The molecule has 3 aliphatic rings. The molecule has 0 radical (unpaired) electrons. The summed E-state index contributed by atoms with van der Waals surface area (Å²) in [5, 5.41) is 4.77. The molecule has 0 aromatic heterocycles. The zero-order chi connectivity index (χ0) is 23.6. The number of hydrogen-bond donors (Lipinski definition) is 2. The van der Waals surface area contributed by atoms with Gasteiger partial charge in [0.2, 0.25) is 15.9 Å². The maximum atomic E-state index is 12.9. The molecule has 3 fully saturated rings. The van der Waals surface area contributed by atoms with Crippen LogP contribution >= 0.6 is 0 Å². The van der Waals surface area contributed by atoms with Crippen LogP contribution in [0.25, 0.3) is 6.08 Å². The van der Waals surface area contributed by atoms with E-state index in [0.29, 0.717) is 31.6 Å². The van der Waals surface area contributed by atoms with Gasteiger partial charge in [-0.25, -0.2) is 13.2 Å². The third kappa shape index (κ3) is 4.96. The molecule has 4 rings (SSSR count). The molecule has 2 saturated heterocycles. The fourth-order valence-corrected chi connectivity index (χ4v) is 5.93. The number of hydrogen-bond acceptors (Lipinski definition) is 5. The minimum Gasteiger partial charge on any atom is -0.322 e. The molecule has 2 N–H and O–H groups in total. The number of benzene rings is 1. The zero-order valence-electron chi connectivity index (χ0n) is 18.7. The summed E-state index contributed by atoms with van der Waals surface area (Å²) < 4.78 is 26.6. The van der Waals surface area contributed by atoms with Crippen LogP contribution in [0.4, 0.5) is 4.79 Å². The molecule has 33 heavy (non-hydrogen) atoms. The molecule has 1 spiro atoms. The first-order valence-electron chi connectivity index (χ1n) is 11.4. The smallest absolute Gasteiger partial charge is 0.322 e. The average molecular weight is 475 g/mol. The van der Waals surface area contributed by atoms with Crippen molar-refractivity contribution in [2.75, 3.05) is 13.1 Å². The minimum absolute atomic E-state index is 0.196. The molecule has 0 unspecified atom stereocenters. The van der Waals surface area contributed by atoms with Crippen LogP contribution in [0.2, 0.25) is 0 Å². The Morgan fingerprint density at radius 1 is 1.09 bits per heavy atom. The number of nitrogens with one attached hydrogen (secondary N) is 2. The molecule has 2 heterocycles. The van der Waals surface area contributed by atoms with E-state index >= 15 is 0 Å². The fraction of sp³-hybridized carbons (Fsp3) is 0.522. The number of nitrogens with zero attached hydrogens (tertiary/aromatic N) is 2. The van der Waals surface area contributed by atoms with Crippen molar-refractivity contribution in [3.05, 3.63) is 41.3 Å². The van der Waals surface area contributed by atoms with E-state index in [1.807, 2.05) is 30.3 Å². The summed E-state index contributed by atoms with van der Waals surface area (Å²) in [6.45, 7) is 2.51. The van der Waals surface area contributed by atoms with Crippen LogP contribution in [-0.2, 0) is 19.6 Å². The average Bonchev–Trinajstić information content (AvgIpc) is 3.04. The van der Waals surface area contributed by atoms with Crippen LogP contribution < -0.4 is 10.7 Å². The molecule has 0 bridgehead atoms. The minimum atomic E-state index is -3.60. The SMILES string of the molecule is CC1CCC2(CC1)NC(=O)N(NC(=O)C1CCN(S(=O)(=O)/C=C/c3ccccc3)CC1)C2=O. The molecule has 1 aromatic rings. The predicted molar refractivity (Wildman–Crippen MR) is 123 cm³/mol. The zero-order valence-corrected chi connectivity index (χ0v) is 19.5. The Kier molecular flexibility index (Phi) is 6.58. The van der Waals surface area contributed by atoms with Gasteiger partial charge in [0.05, 0.1) is 0 Å². The molecule has 1 aromatic carbocycles. The first-order chi connectivity index (χ1) is 15.7. The number of hydrazine groups is 1. The number of piperidine rings is 1. The lowest BCUT2D eigenvalue weighted by molar-refractivity contribution is -0.142. The van der Waals surface area contributed by atoms with Crippen molar-refractivity contribution in [1.82, 2.24) is 20.1 Å². The van der Waals surface area contributed by atoms with Gasteiger partial charge < -0.3 is 5.32 Å². The topological polar surface area (TPSA) is 116 Å². The van der Waals surface area contributed by atoms with Gasteiger partial charge in [-0.2, -0.15) is 9.31 Å². The van der Waals surface area contributed by atoms with Crippen LogP contribution in [0, 0.1) is 11.8 Å². The van der Waals surface area contributed by atoms with Gasteiger partial charge in [-0.3, -0.25) is 15.0 Å². The van der Waals surface area contributed by atoms with E-state index in [-0.39, 0.29) is 13.1 Å². The van der Waals surface area contributed by atoms with Crippen LogP contribution in [-0.4, -0.2) is 54.2 Å². The third-order valence-electron chi connectivity index (χ3n) is 6.93. The molecule has 10 heteroatoms. The third-order valence-corrected chi connectivity index (χ3v) is 8.49. The number of carbonyl (C=O) groups excluding carboxylic acids is 3. The summed E-state index contributed by atoms with van der Waals surface area (Å²) in [6.07, 6.45) is 5.01. The Morgan fingerprint density at radius 3 is 2.36 bits per heavy atom. The molecule has 178 valence electrons. The largest absolute Gasteiger partial charge is 0.344 e. The van der Waals surface area contributed by atoms with Crippen molar-refractivity contribution in [2.45, 2.75) is 51.0 Å². The van der Waals surface area contributed by atoms with Gasteiger partial charge in [0.15, 0.2) is 0 Å². The van der Waals surface area contributed by atoms with Crippen molar-refractivity contribution in [3.63, 3.8) is 0 Å². The quantitative estimate of drug-likeness (QED) is 0.635.